The van der Waals surface area contributed by atoms with Crippen molar-refractivity contribution in [2.75, 3.05) is 13.1 Å². The van der Waals surface area contributed by atoms with Crippen LogP contribution in [0.15, 0.2) is 35.0 Å². The van der Waals surface area contributed by atoms with Crippen LogP contribution >= 0.6 is 11.3 Å². The number of amides is 2. The fraction of sp³-hybridized carbons (Fsp3) is 0.412. The van der Waals surface area contributed by atoms with Crippen LogP contribution in [0.1, 0.15) is 30.0 Å². The highest BCUT2D eigenvalue weighted by Crippen LogP contribution is 2.26. The average Bonchev–Trinajstić information content (AvgIpc) is 3.06. The molecule has 0 saturated carbocycles. The highest BCUT2D eigenvalue weighted by molar-refractivity contribution is 7.07. The number of nitrogens with zero attached hydrogens (tertiary/aromatic N) is 2. The van der Waals surface area contributed by atoms with Crippen molar-refractivity contribution in [3.63, 3.8) is 0 Å². The second-order valence-electron chi connectivity index (χ2n) is 5.83. The quantitative estimate of drug-likeness (QED) is 0.940. The Balaban J connectivity index is 1.60. The van der Waals surface area contributed by atoms with Crippen molar-refractivity contribution >= 4 is 17.4 Å². The molecule has 0 bridgehead atoms. The number of aromatic nitrogens is 1. The van der Waals surface area contributed by atoms with Gasteiger partial charge in [-0.15, -0.1) is 0 Å². The van der Waals surface area contributed by atoms with Gasteiger partial charge in [0.1, 0.15) is 6.10 Å². The molecule has 2 atom stereocenters. The number of ether oxygens (including phenoxy) is 1. The van der Waals surface area contributed by atoms with Crippen molar-refractivity contribution < 1.29 is 9.53 Å². The predicted octanol–water partition coefficient (Wildman–Crippen LogP) is 3.12. The molecule has 0 aliphatic carbocycles. The topological polar surface area (TPSA) is 54.5 Å². The number of morpholine rings is 1. The Labute approximate surface area is 140 Å². The van der Waals surface area contributed by atoms with Gasteiger partial charge < -0.3 is 15.0 Å². The van der Waals surface area contributed by atoms with Crippen LogP contribution in [0.5, 0.6) is 0 Å². The first-order valence-electron chi connectivity index (χ1n) is 7.74. The summed E-state index contributed by atoms with van der Waals surface area (Å²) < 4.78 is 5.96. The van der Waals surface area contributed by atoms with E-state index in [1.54, 1.807) is 11.3 Å². The van der Waals surface area contributed by atoms with Gasteiger partial charge in [-0.3, -0.25) is 4.98 Å². The van der Waals surface area contributed by atoms with Crippen LogP contribution in [0, 0.1) is 6.92 Å². The largest absolute Gasteiger partial charge is 0.367 e. The molecule has 6 heteroatoms. The summed E-state index contributed by atoms with van der Waals surface area (Å²) in [6, 6.07) is 7.81. The van der Waals surface area contributed by atoms with Crippen molar-refractivity contribution in [1.82, 2.24) is 15.2 Å². The van der Waals surface area contributed by atoms with Gasteiger partial charge in [0, 0.05) is 12.2 Å². The first-order valence-corrected chi connectivity index (χ1v) is 8.69. The number of hydrogen-bond acceptors (Lipinski definition) is 4. The molecule has 0 aromatic carbocycles. The fourth-order valence-electron chi connectivity index (χ4n) is 2.74. The third kappa shape index (κ3) is 4.09. The zero-order valence-electron chi connectivity index (χ0n) is 13.4. The second-order valence-corrected chi connectivity index (χ2v) is 6.61. The highest BCUT2D eigenvalue weighted by Gasteiger charge is 2.29. The smallest absolute Gasteiger partial charge is 0.317 e. The monoisotopic (exact) mass is 331 g/mol. The number of aryl methyl sites for hydroxylation is 1. The van der Waals surface area contributed by atoms with E-state index >= 15 is 0 Å². The summed E-state index contributed by atoms with van der Waals surface area (Å²) in [7, 11) is 0. The molecule has 1 saturated heterocycles. The molecule has 3 heterocycles. The van der Waals surface area contributed by atoms with E-state index in [2.05, 4.69) is 21.7 Å². The van der Waals surface area contributed by atoms with E-state index in [9.17, 15) is 4.79 Å². The normalized spacial score (nSPS) is 21.2. The molecule has 1 N–H and O–H groups in total. The summed E-state index contributed by atoms with van der Waals surface area (Å²) in [6.07, 6.45) is -0.0238. The summed E-state index contributed by atoms with van der Waals surface area (Å²) in [4.78, 5) is 18.7. The number of hydrogen-bond donors (Lipinski definition) is 1. The summed E-state index contributed by atoms with van der Waals surface area (Å²) in [6.45, 7) is 5.57. The van der Waals surface area contributed by atoms with Gasteiger partial charge in [-0.1, -0.05) is 6.07 Å². The van der Waals surface area contributed by atoms with E-state index in [1.165, 1.54) is 0 Å². The van der Waals surface area contributed by atoms with Crippen LogP contribution in [-0.2, 0) is 11.3 Å². The molecule has 2 unspecified atom stereocenters. The van der Waals surface area contributed by atoms with E-state index in [1.807, 2.05) is 42.3 Å². The molecule has 2 amide bonds. The number of urea groups is 1. The minimum atomic E-state index is -0.0660. The van der Waals surface area contributed by atoms with E-state index in [0.29, 0.717) is 19.6 Å². The molecule has 0 spiro atoms. The van der Waals surface area contributed by atoms with Crippen molar-refractivity contribution in [2.45, 2.75) is 32.6 Å². The Morgan fingerprint density at radius 2 is 2.30 bits per heavy atom. The van der Waals surface area contributed by atoms with Gasteiger partial charge in [0.25, 0.3) is 0 Å². The zero-order chi connectivity index (χ0) is 16.2. The Morgan fingerprint density at radius 1 is 1.43 bits per heavy atom. The first kappa shape index (κ1) is 16.0. The van der Waals surface area contributed by atoms with Gasteiger partial charge in [0.2, 0.25) is 0 Å². The SMILES string of the molecule is Cc1cccc(CNC(=O)N2CC(C)OC(c3ccsc3)C2)n1. The Morgan fingerprint density at radius 3 is 3.04 bits per heavy atom. The van der Waals surface area contributed by atoms with Crippen molar-refractivity contribution in [3.8, 4) is 0 Å². The average molecular weight is 331 g/mol. The van der Waals surface area contributed by atoms with Gasteiger partial charge in [-0.2, -0.15) is 11.3 Å². The fourth-order valence-corrected chi connectivity index (χ4v) is 3.44. The van der Waals surface area contributed by atoms with E-state index in [0.717, 1.165) is 17.0 Å². The van der Waals surface area contributed by atoms with Crippen LogP contribution in [0.3, 0.4) is 0 Å². The summed E-state index contributed by atoms with van der Waals surface area (Å²) >= 11 is 1.65. The van der Waals surface area contributed by atoms with Crippen molar-refractivity contribution in [3.05, 3.63) is 52.0 Å². The summed E-state index contributed by atoms with van der Waals surface area (Å²) in [5.74, 6) is 0. The Bertz CT molecular complexity index is 660. The predicted molar refractivity (Wildman–Crippen MR) is 90.4 cm³/mol. The lowest BCUT2D eigenvalue weighted by Crippen LogP contribution is -2.49. The lowest BCUT2D eigenvalue weighted by molar-refractivity contribution is -0.0655. The Hall–Kier alpha value is -1.92. The molecule has 2 aromatic rings. The van der Waals surface area contributed by atoms with Gasteiger partial charge in [0.15, 0.2) is 0 Å². The number of carbonyl (C=O) groups is 1. The summed E-state index contributed by atoms with van der Waals surface area (Å²) in [5.41, 5.74) is 2.96. The molecule has 1 fully saturated rings. The minimum Gasteiger partial charge on any atom is -0.367 e. The molecule has 5 nitrogen and oxygen atoms in total. The molecular weight excluding hydrogens is 310 g/mol. The molecule has 122 valence electrons. The van der Waals surface area contributed by atoms with Crippen LogP contribution in [0.4, 0.5) is 4.79 Å². The maximum atomic E-state index is 12.5. The third-order valence-corrected chi connectivity index (χ3v) is 4.53. The molecule has 1 aliphatic rings. The number of thiophene rings is 1. The molecule has 2 aromatic heterocycles. The lowest BCUT2D eigenvalue weighted by Gasteiger charge is -2.36. The summed E-state index contributed by atoms with van der Waals surface area (Å²) in [5, 5.41) is 7.07. The third-order valence-electron chi connectivity index (χ3n) is 3.83. The first-order chi connectivity index (χ1) is 11.1. The van der Waals surface area contributed by atoms with Crippen LogP contribution < -0.4 is 5.32 Å². The van der Waals surface area contributed by atoms with E-state index in [-0.39, 0.29) is 18.2 Å². The number of pyridine rings is 1. The lowest BCUT2D eigenvalue weighted by atomic mass is 10.1. The maximum absolute atomic E-state index is 12.5. The van der Waals surface area contributed by atoms with Gasteiger partial charge in [-0.25, -0.2) is 4.79 Å². The van der Waals surface area contributed by atoms with Crippen LogP contribution in [0.2, 0.25) is 0 Å². The number of carbonyl (C=O) groups excluding carboxylic acids is 1. The highest BCUT2D eigenvalue weighted by atomic mass is 32.1. The van der Waals surface area contributed by atoms with E-state index < -0.39 is 0 Å². The molecular formula is C17H21N3O2S. The Kier molecular flexibility index (Phi) is 4.93. The van der Waals surface area contributed by atoms with Gasteiger partial charge >= 0.3 is 6.03 Å². The maximum Gasteiger partial charge on any atom is 0.317 e. The minimum absolute atomic E-state index is 0.0245. The molecule has 1 aliphatic heterocycles. The standard InChI is InChI=1S/C17H21N3O2S/c1-12-4-3-5-15(19-12)8-18-17(21)20-9-13(2)22-16(10-20)14-6-7-23-11-14/h3-7,11,13,16H,8-10H2,1-2H3,(H,18,21). The number of nitrogens with one attached hydrogen (secondary N) is 1. The second kappa shape index (κ2) is 7.10. The van der Waals surface area contributed by atoms with Gasteiger partial charge in [0.05, 0.1) is 24.9 Å². The van der Waals surface area contributed by atoms with Crippen LogP contribution in [0.25, 0.3) is 0 Å². The van der Waals surface area contributed by atoms with Crippen molar-refractivity contribution in [1.29, 1.82) is 0 Å². The number of rotatable bonds is 3. The van der Waals surface area contributed by atoms with Crippen molar-refractivity contribution in [2.24, 2.45) is 0 Å². The van der Waals surface area contributed by atoms with Gasteiger partial charge in [-0.05, 0) is 48.4 Å². The molecule has 0 radical (unpaired) electrons. The van der Waals surface area contributed by atoms with E-state index in [4.69, 9.17) is 4.74 Å². The molecule has 3 rings (SSSR count). The molecule has 23 heavy (non-hydrogen) atoms. The van der Waals surface area contributed by atoms with Crippen LogP contribution in [-0.4, -0.2) is 35.1 Å². The zero-order valence-corrected chi connectivity index (χ0v) is 14.2.